The topological polar surface area (TPSA) is 88.0 Å². The van der Waals surface area contributed by atoms with E-state index in [4.69, 9.17) is 5.73 Å². The molecule has 100 valence electrons. The van der Waals surface area contributed by atoms with Crippen molar-refractivity contribution in [3.05, 3.63) is 40.7 Å². The highest BCUT2D eigenvalue weighted by Crippen LogP contribution is 2.17. The van der Waals surface area contributed by atoms with Gasteiger partial charge in [-0.1, -0.05) is 18.2 Å². The molecule has 19 heavy (non-hydrogen) atoms. The Morgan fingerprint density at radius 3 is 2.74 bits per heavy atom. The summed E-state index contributed by atoms with van der Waals surface area (Å²) in [5.41, 5.74) is 4.47. The lowest BCUT2D eigenvalue weighted by Gasteiger charge is -2.21. The summed E-state index contributed by atoms with van der Waals surface area (Å²) in [7, 11) is 0. The largest absolute Gasteiger partial charge is 0.370 e. The second kappa shape index (κ2) is 4.76. The summed E-state index contributed by atoms with van der Waals surface area (Å²) in [4.78, 5) is 25.8. The molecule has 1 heterocycles. The van der Waals surface area contributed by atoms with E-state index in [1.807, 2.05) is 24.3 Å². The number of nitrogens with one attached hydrogen (secondary N) is 2. The van der Waals surface area contributed by atoms with E-state index in [1.54, 1.807) is 19.9 Å². The van der Waals surface area contributed by atoms with Gasteiger partial charge in [0.2, 0.25) is 5.91 Å². The summed E-state index contributed by atoms with van der Waals surface area (Å²) in [6.07, 6.45) is 0. The molecular weight excluding hydrogens is 242 g/mol. The van der Waals surface area contributed by atoms with E-state index in [0.29, 0.717) is 17.7 Å². The van der Waals surface area contributed by atoms with E-state index in [2.05, 4.69) is 10.3 Å². The van der Waals surface area contributed by atoms with Gasteiger partial charge in [-0.2, -0.15) is 0 Å². The molecule has 0 aliphatic carbocycles. The quantitative estimate of drug-likeness (QED) is 0.776. The van der Waals surface area contributed by atoms with E-state index in [1.165, 1.54) is 0 Å². The van der Waals surface area contributed by atoms with Crippen molar-refractivity contribution in [2.24, 2.45) is 11.1 Å². The van der Waals surface area contributed by atoms with E-state index >= 15 is 0 Å². The number of carbonyl (C=O) groups excluding carboxylic acids is 1. The smallest absolute Gasteiger partial charge is 0.257 e. The average Bonchev–Trinajstić information content (AvgIpc) is 2.36. The Morgan fingerprint density at radius 2 is 2.05 bits per heavy atom. The zero-order chi connectivity index (χ0) is 14.0. The maximum absolute atomic E-state index is 11.9. The van der Waals surface area contributed by atoms with Crippen molar-refractivity contribution in [3.63, 3.8) is 0 Å². The number of rotatable bonds is 4. The van der Waals surface area contributed by atoms with Gasteiger partial charge in [0.15, 0.2) is 0 Å². The standard InChI is InChI=1S/C14H17N3O2/c1-14(2,13(15)19)8-16-11-7-9-5-3-4-6-10(9)12(18)17-11/h3-7H,8H2,1-2H3,(H2,15,19)(H2,16,17,18). The van der Waals surface area contributed by atoms with Gasteiger partial charge in [0.25, 0.3) is 5.56 Å². The molecule has 0 saturated heterocycles. The summed E-state index contributed by atoms with van der Waals surface area (Å²) in [6, 6.07) is 9.17. The minimum absolute atomic E-state index is 0.155. The number of hydrogen-bond acceptors (Lipinski definition) is 3. The van der Waals surface area contributed by atoms with E-state index in [9.17, 15) is 9.59 Å². The van der Waals surface area contributed by atoms with Crippen LogP contribution < -0.4 is 16.6 Å². The fraction of sp³-hybridized carbons (Fsp3) is 0.286. The molecular formula is C14H17N3O2. The molecule has 1 amide bonds. The third-order valence-corrected chi connectivity index (χ3v) is 3.14. The molecule has 2 aromatic rings. The minimum atomic E-state index is -0.678. The fourth-order valence-electron chi connectivity index (χ4n) is 1.71. The van der Waals surface area contributed by atoms with Crippen molar-refractivity contribution >= 4 is 22.5 Å². The Kier molecular flexibility index (Phi) is 3.29. The Bertz CT molecular complexity index is 674. The molecule has 0 bridgehead atoms. The zero-order valence-corrected chi connectivity index (χ0v) is 11.0. The van der Waals surface area contributed by atoms with E-state index < -0.39 is 5.41 Å². The lowest BCUT2D eigenvalue weighted by molar-refractivity contribution is -0.125. The van der Waals surface area contributed by atoms with Crippen molar-refractivity contribution in [3.8, 4) is 0 Å². The van der Waals surface area contributed by atoms with Gasteiger partial charge < -0.3 is 16.0 Å². The second-order valence-electron chi connectivity index (χ2n) is 5.20. The molecule has 0 saturated carbocycles. The fourth-order valence-corrected chi connectivity index (χ4v) is 1.71. The van der Waals surface area contributed by atoms with Crippen molar-refractivity contribution in [2.75, 3.05) is 11.9 Å². The summed E-state index contributed by atoms with van der Waals surface area (Å²) >= 11 is 0. The van der Waals surface area contributed by atoms with Gasteiger partial charge in [-0.25, -0.2) is 0 Å². The number of hydrogen-bond donors (Lipinski definition) is 3. The number of aromatic amines is 1. The number of pyridine rings is 1. The molecule has 4 N–H and O–H groups in total. The first-order valence-electron chi connectivity index (χ1n) is 6.06. The first-order chi connectivity index (χ1) is 8.90. The lowest BCUT2D eigenvalue weighted by atomic mass is 9.93. The van der Waals surface area contributed by atoms with E-state index in [-0.39, 0.29) is 11.5 Å². The van der Waals surface area contributed by atoms with Crippen LogP contribution in [0, 0.1) is 5.41 Å². The van der Waals surface area contributed by atoms with Gasteiger partial charge >= 0.3 is 0 Å². The second-order valence-corrected chi connectivity index (χ2v) is 5.20. The highest BCUT2D eigenvalue weighted by Gasteiger charge is 2.24. The van der Waals surface area contributed by atoms with Crippen LogP contribution in [0.3, 0.4) is 0 Å². The van der Waals surface area contributed by atoms with Gasteiger partial charge in [-0.3, -0.25) is 9.59 Å². The Balaban J connectivity index is 2.27. The molecule has 5 nitrogen and oxygen atoms in total. The SMILES string of the molecule is CC(C)(CNc1cc2ccccc2c(=O)[nH]1)C(N)=O. The molecule has 0 unspecified atom stereocenters. The van der Waals surface area contributed by atoms with Crippen LogP contribution in [-0.4, -0.2) is 17.4 Å². The zero-order valence-electron chi connectivity index (χ0n) is 11.0. The summed E-state index contributed by atoms with van der Waals surface area (Å²) < 4.78 is 0. The van der Waals surface area contributed by atoms with Gasteiger partial charge in [0.1, 0.15) is 5.82 Å². The number of carbonyl (C=O) groups is 1. The normalized spacial score (nSPS) is 11.5. The highest BCUT2D eigenvalue weighted by molar-refractivity contribution is 5.84. The molecule has 0 spiro atoms. The van der Waals surface area contributed by atoms with Crippen LogP contribution in [0.5, 0.6) is 0 Å². The monoisotopic (exact) mass is 259 g/mol. The first-order valence-corrected chi connectivity index (χ1v) is 6.06. The first kappa shape index (κ1) is 13.1. The predicted molar refractivity (Wildman–Crippen MR) is 76.0 cm³/mol. The van der Waals surface area contributed by atoms with Gasteiger partial charge in [-0.05, 0) is 31.4 Å². The summed E-state index contributed by atoms with van der Waals surface area (Å²) in [5, 5.41) is 4.54. The minimum Gasteiger partial charge on any atom is -0.370 e. The molecule has 1 aromatic carbocycles. The molecule has 0 aliphatic heterocycles. The number of primary amides is 1. The summed E-state index contributed by atoms with van der Waals surface area (Å²) in [6.45, 7) is 3.86. The molecule has 0 fully saturated rings. The van der Waals surface area contributed by atoms with Gasteiger partial charge in [0, 0.05) is 11.9 Å². The maximum atomic E-state index is 11.9. The molecule has 2 rings (SSSR count). The van der Waals surface area contributed by atoms with Crippen molar-refractivity contribution in [1.82, 2.24) is 4.98 Å². The maximum Gasteiger partial charge on any atom is 0.257 e. The van der Waals surface area contributed by atoms with Crippen molar-refractivity contribution in [2.45, 2.75) is 13.8 Å². The number of H-pyrrole nitrogens is 1. The summed E-state index contributed by atoms with van der Waals surface area (Å²) in [5.74, 6) is 0.196. The Morgan fingerprint density at radius 1 is 1.37 bits per heavy atom. The van der Waals surface area contributed by atoms with Crippen molar-refractivity contribution < 1.29 is 4.79 Å². The van der Waals surface area contributed by atoms with E-state index in [0.717, 1.165) is 5.39 Å². The number of amides is 1. The lowest BCUT2D eigenvalue weighted by Crippen LogP contribution is -2.37. The van der Waals surface area contributed by atoms with Crippen LogP contribution in [0.2, 0.25) is 0 Å². The number of nitrogens with two attached hydrogens (primary N) is 1. The Labute approximate surface area is 110 Å². The number of aromatic nitrogens is 1. The van der Waals surface area contributed by atoms with Crippen LogP contribution >= 0.6 is 0 Å². The molecule has 1 aromatic heterocycles. The van der Waals surface area contributed by atoms with Crippen LogP contribution in [0.15, 0.2) is 35.1 Å². The molecule has 5 heteroatoms. The molecule has 0 radical (unpaired) electrons. The van der Waals surface area contributed by atoms with Crippen molar-refractivity contribution in [1.29, 1.82) is 0 Å². The van der Waals surface area contributed by atoms with Crippen LogP contribution in [0.1, 0.15) is 13.8 Å². The van der Waals surface area contributed by atoms with Gasteiger partial charge in [-0.15, -0.1) is 0 Å². The molecule has 0 atom stereocenters. The van der Waals surface area contributed by atoms with Gasteiger partial charge in [0.05, 0.1) is 5.41 Å². The number of anilines is 1. The Hall–Kier alpha value is -2.30. The average molecular weight is 259 g/mol. The van der Waals surface area contributed by atoms with Crippen LogP contribution in [0.25, 0.3) is 10.8 Å². The van der Waals surface area contributed by atoms with Crippen LogP contribution in [-0.2, 0) is 4.79 Å². The van der Waals surface area contributed by atoms with Crippen LogP contribution in [0.4, 0.5) is 5.82 Å². The highest BCUT2D eigenvalue weighted by atomic mass is 16.1. The number of fused-ring (bicyclic) bond motifs is 1. The third kappa shape index (κ3) is 2.76. The third-order valence-electron chi connectivity index (χ3n) is 3.14. The molecule has 0 aliphatic rings. The predicted octanol–water partition coefficient (Wildman–Crippen LogP) is 1.45. The number of benzene rings is 1.